The van der Waals surface area contributed by atoms with Crippen molar-refractivity contribution in [3.05, 3.63) is 12.2 Å². The summed E-state index contributed by atoms with van der Waals surface area (Å²) >= 11 is 0. The van der Waals surface area contributed by atoms with E-state index >= 15 is 0 Å². The summed E-state index contributed by atoms with van der Waals surface area (Å²) in [5.74, 6) is -2.27. The second kappa shape index (κ2) is 42.7. The lowest BCUT2D eigenvalue weighted by atomic mass is 10.0. The second-order valence-corrected chi connectivity index (χ2v) is 18.1. The highest BCUT2D eigenvalue weighted by Gasteiger charge is 2.22. The molecular formula is C50H95NO8. The van der Waals surface area contributed by atoms with Crippen molar-refractivity contribution in [2.75, 3.05) is 47.5 Å². The van der Waals surface area contributed by atoms with Crippen LogP contribution in [0.15, 0.2) is 12.2 Å². The normalized spacial score (nSPS) is 12.9. The molecule has 0 aromatic rings. The minimum absolute atomic E-state index is 0.151. The van der Waals surface area contributed by atoms with Crippen LogP contribution in [0.5, 0.6) is 0 Å². The quantitative estimate of drug-likeness (QED) is 0.0196. The van der Waals surface area contributed by atoms with Gasteiger partial charge in [0.2, 0.25) is 0 Å². The van der Waals surface area contributed by atoms with Crippen LogP contribution >= 0.6 is 0 Å². The van der Waals surface area contributed by atoms with Crippen LogP contribution in [0.1, 0.15) is 232 Å². The largest absolute Gasteiger partial charge is 0.545 e. The number of allylic oxidation sites excluding steroid dienone is 2. The molecule has 0 aliphatic rings. The molecule has 0 heterocycles. The summed E-state index contributed by atoms with van der Waals surface area (Å²) < 4.78 is 22.5. The van der Waals surface area contributed by atoms with Gasteiger partial charge in [-0.15, -0.1) is 0 Å². The molecule has 0 amide bonds. The number of likely N-dealkylation sites (N-methyl/N-ethyl adjacent to an activating group) is 1. The second-order valence-electron chi connectivity index (χ2n) is 18.1. The Morgan fingerprint density at radius 1 is 0.492 bits per heavy atom. The van der Waals surface area contributed by atoms with Gasteiger partial charge in [0, 0.05) is 12.8 Å². The molecule has 2 unspecified atom stereocenters. The third-order valence-electron chi connectivity index (χ3n) is 11.0. The number of rotatable bonds is 46. The maximum atomic E-state index is 12.8. The van der Waals surface area contributed by atoms with Crippen molar-refractivity contribution in [3.63, 3.8) is 0 Å². The number of esters is 2. The van der Waals surface area contributed by atoms with Crippen molar-refractivity contribution in [2.45, 2.75) is 245 Å². The van der Waals surface area contributed by atoms with E-state index in [1.807, 2.05) is 21.1 Å². The minimum Gasteiger partial charge on any atom is -0.545 e. The van der Waals surface area contributed by atoms with E-state index in [1.54, 1.807) is 0 Å². The molecule has 0 aromatic heterocycles. The zero-order valence-corrected chi connectivity index (χ0v) is 39.4. The Morgan fingerprint density at radius 3 is 1.25 bits per heavy atom. The van der Waals surface area contributed by atoms with Gasteiger partial charge in [-0.1, -0.05) is 193 Å². The Balaban J connectivity index is 4.17. The number of ether oxygens (including phenoxy) is 4. The van der Waals surface area contributed by atoms with Crippen molar-refractivity contribution >= 4 is 17.9 Å². The fourth-order valence-corrected chi connectivity index (χ4v) is 7.12. The van der Waals surface area contributed by atoms with Crippen molar-refractivity contribution in [1.29, 1.82) is 0 Å². The number of nitrogens with zero attached hydrogens (tertiary/aromatic N) is 1. The zero-order chi connectivity index (χ0) is 43.5. The topological polar surface area (TPSA) is 111 Å². The van der Waals surface area contributed by atoms with Crippen LogP contribution in [0, 0.1) is 0 Å². The van der Waals surface area contributed by atoms with E-state index in [4.69, 9.17) is 18.9 Å². The van der Waals surface area contributed by atoms with Gasteiger partial charge in [-0.05, 0) is 38.5 Å². The van der Waals surface area contributed by atoms with E-state index in [2.05, 4.69) is 26.0 Å². The van der Waals surface area contributed by atoms with Crippen molar-refractivity contribution < 1.29 is 42.9 Å². The number of hydrogen-bond acceptors (Lipinski definition) is 8. The van der Waals surface area contributed by atoms with E-state index in [1.165, 1.54) is 167 Å². The Bertz CT molecular complexity index is 980. The number of unbranched alkanes of at least 4 members (excludes halogenated alkanes) is 29. The first-order valence-electron chi connectivity index (χ1n) is 24.8. The van der Waals surface area contributed by atoms with Gasteiger partial charge < -0.3 is 33.3 Å². The van der Waals surface area contributed by atoms with Crippen LogP contribution in [0.3, 0.4) is 0 Å². The predicted molar refractivity (Wildman–Crippen MR) is 242 cm³/mol. The summed E-state index contributed by atoms with van der Waals surface area (Å²) in [6.45, 7) is 4.74. The molecule has 0 radical (unpaired) electrons. The van der Waals surface area contributed by atoms with E-state index in [0.717, 1.165) is 38.5 Å². The minimum atomic E-state index is -1.61. The highest BCUT2D eigenvalue weighted by molar-refractivity contribution is 5.70. The van der Waals surface area contributed by atoms with Gasteiger partial charge in [0.25, 0.3) is 0 Å². The highest BCUT2D eigenvalue weighted by atomic mass is 16.7. The standard InChI is InChI=1S/C50H95NO8/c1-6-8-10-12-14-16-17-18-19-20-21-22-23-24-25-26-27-28-29-30-31-33-35-37-39-41-48(53)59-46(45-58-50(49(54)55)56-43-42-51(3,4)5)44-57-47(52)40-38-36-34-32-15-13-11-9-7-2/h20-21,46,50H,6-19,22-45H2,1-5H3/b21-20-. The lowest BCUT2D eigenvalue weighted by Gasteiger charge is -2.26. The number of aliphatic carboxylic acids is 1. The lowest BCUT2D eigenvalue weighted by Crippen LogP contribution is -2.44. The molecule has 59 heavy (non-hydrogen) atoms. The van der Waals surface area contributed by atoms with Crippen LogP contribution in [0.4, 0.5) is 0 Å². The van der Waals surface area contributed by atoms with Gasteiger partial charge in [0.05, 0.1) is 40.3 Å². The SMILES string of the molecule is CCCCCCCCCC/C=C\CCCCCCCCCCCCCCCC(=O)OC(COC(=O)CCCCCCCCCCC)COC(OCC[N+](C)(C)C)C(=O)[O-]. The fourth-order valence-electron chi connectivity index (χ4n) is 7.12. The van der Waals surface area contributed by atoms with Gasteiger partial charge in [-0.2, -0.15) is 0 Å². The number of hydrogen-bond donors (Lipinski definition) is 0. The number of carboxylic acid groups (broad SMARTS) is 1. The molecular weight excluding hydrogens is 743 g/mol. The van der Waals surface area contributed by atoms with Crippen LogP contribution in [-0.2, 0) is 33.3 Å². The van der Waals surface area contributed by atoms with Crippen molar-refractivity contribution in [3.8, 4) is 0 Å². The molecule has 0 aromatic carbocycles. The monoisotopic (exact) mass is 838 g/mol. The Kier molecular flexibility index (Phi) is 41.3. The highest BCUT2D eigenvalue weighted by Crippen LogP contribution is 2.16. The van der Waals surface area contributed by atoms with E-state index in [9.17, 15) is 19.5 Å². The van der Waals surface area contributed by atoms with Gasteiger partial charge >= 0.3 is 11.9 Å². The summed E-state index contributed by atoms with van der Waals surface area (Å²) in [5.41, 5.74) is 0. The molecule has 0 rings (SSSR count). The first-order valence-corrected chi connectivity index (χ1v) is 24.8. The van der Waals surface area contributed by atoms with Gasteiger partial charge in [0.15, 0.2) is 12.4 Å². The Hall–Kier alpha value is -1.97. The van der Waals surface area contributed by atoms with Crippen molar-refractivity contribution in [1.82, 2.24) is 0 Å². The maximum Gasteiger partial charge on any atom is 0.306 e. The third kappa shape index (κ3) is 43.9. The molecule has 0 saturated carbocycles. The zero-order valence-electron chi connectivity index (χ0n) is 39.4. The van der Waals surface area contributed by atoms with Crippen LogP contribution in [0.2, 0.25) is 0 Å². The summed E-state index contributed by atoms with van der Waals surface area (Å²) in [4.78, 5) is 36.9. The van der Waals surface area contributed by atoms with E-state index in [-0.39, 0.29) is 32.2 Å². The van der Waals surface area contributed by atoms with E-state index in [0.29, 0.717) is 17.4 Å². The summed E-state index contributed by atoms with van der Waals surface area (Å²) in [6.07, 6.45) is 42.6. The number of carbonyl (C=O) groups is 3. The van der Waals surface area contributed by atoms with Gasteiger partial charge in [-0.3, -0.25) is 9.59 Å². The molecule has 2 atom stereocenters. The molecule has 0 bridgehead atoms. The molecule has 0 spiro atoms. The molecule has 0 saturated heterocycles. The Labute approximate surface area is 364 Å². The number of carbonyl (C=O) groups excluding carboxylic acids is 3. The van der Waals surface area contributed by atoms with Gasteiger partial charge in [-0.25, -0.2) is 0 Å². The molecule has 0 N–H and O–H groups in total. The lowest BCUT2D eigenvalue weighted by molar-refractivity contribution is -0.870. The fraction of sp³-hybridized carbons (Fsp3) is 0.900. The average molecular weight is 838 g/mol. The van der Waals surface area contributed by atoms with Crippen molar-refractivity contribution in [2.24, 2.45) is 0 Å². The molecule has 9 heteroatoms. The first-order chi connectivity index (χ1) is 28.6. The smallest absolute Gasteiger partial charge is 0.306 e. The molecule has 9 nitrogen and oxygen atoms in total. The average Bonchev–Trinajstić information content (AvgIpc) is 3.19. The maximum absolute atomic E-state index is 12.8. The van der Waals surface area contributed by atoms with Gasteiger partial charge in [0.1, 0.15) is 13.2 Å². The predicted octanol–water partition coefficient (Wildman–Crippen LogP) is 12.1. The first kappa shape index (κ1) is 57.0. The molecule has 0 aliphatic heterocycles. The molecule has 0 fully saturated rings. The summed E-state index contributed by atoms with van der Waals surface area (Å²) in [5, 5.41) is 11.7. The molecule has 348 valence electrons. The third-order valence-corrected chi connectivity index (χ3v) is 11.0. The number of carboxylic acids is 1. The summed E-state index contributed by atoms with van der Waals surface area (Å²) in [6, 6.07) is 0. The molecule has 0 aliphatic carbocycles. The van der Waals surface area contributed by atoms with E-state index < -0.39 is 24.3 Å². The van der Waals surface area contributed by atoms with Crippen LogP contribution in [0.25, 0.3) is 0 Å². The van der Waals surface area contributed by atoms with Crippen LogP contribution < -0.4 is 5.11 Å². The number of quaternary nitrogens is 1. The Morgan fingerprint density at radius 2 is 0.864 bits per heavy atom. The summed E-state index contributed by atoms with van der Waals surface area (Å²) in [7, 11) is 5.91. The van der Waals surface area contributed by atoms with Crippen LogP contribution in [-0.4, -0.2) is 82.3 Å².